The maximum absolute atomic E-state index is 3.62. The van der Waals surface area contributed by atoms with Gasteiger partial charge in [0.1, 0.15) is 0 Å². The van der Waals surface area contributed by atoms with Crippen LogP contribution in [0.1, 0.15) is 5.56 Å². The highest BCUT2D eigenvalue weighted by molar-refractivity contribution is 7.07. The van der Waals surface area contributed by atoms with Gasteiger partial charge in [0, 0.05) is 13.1 Å². The van der Waals surface area contributed by atoms with Crippen molar-refractivity contribution in [2.45, 2.75) is 6.54 Å². The second-order valence-corrected chi connectivity index (χ2v) is 2.83. The molecule has 1 heterocycles. The summed E-state index contributed by atoms with van der Waals surface area (Å²) >= 11 is 1.73. The summed E-state index contributed by atoms with van der Waals surface area (Å²) in [6.45, 7) is 5.46. The van der Waals surface area contributed by atoms with Crippen molar-refractivity contribution in [3.63, 3.8) is 0 Å². The van der Waals surface area contributed by atoms with Crippen LogP contribution in [0, 0.1) is 0 Å². The lowest BCUT2D eigenvalue weighted by Crippen LogP contribution is -2.11. The average molecular weight is 190 g/mol. The van der Waals surface area contributed by atoms with Gasteiger partial charge in [-0.05, 0) is 22.4 Å². The van der Waals surface area contributed by atoms with Gasteiger partial charge in [-0.3, -0.25) is 0 Å². The Hall–Kier alpha value is -0.310. The van der Waals surface area contributed by atoms with Crippen LogP contribution in [0.15, 0.2) is 29.5 Å². The topological polar surface area (TPSA) is 12.0 Å². The third-order valence-corrected chi connectivity index (χ3v) is 1.93. The summed E-state index contributed by atoms with van der Waals surface area (Å²) in [6.07, 6.45) is 1.87. The molecule has 0 amide bonds. The van der Waals surface area contributed by atoms with E-state index >= 15 is 0 Å². The molecule has 1 rings (SSSR count). The zero-order valence-electron chi connectivity index (χ0n) is 6.25. The van der Waals surface area contributed by atoms with Crippen LogP contribution in [-0.4, -0.2) is 6.54 Å². The highest BCUT2D eigenvalue weighted by Gasteiger charge is 1.88. The summed E-state index contributed by atoms with van der Waals surface area (Å²) in [4.78, 5) is 0. The van der Waals surface area contributed by atoms with Gasteiger partial charge >= 0.3 is 0 Å². The van der Waals surface area contributed by atoms with Crippen molar-refractivity contribution in [1.82, 2.24) is 5.32 Å². The number of hydrogen-bond acceptors (Lipinski definition) is 2. The van der Waals surface area contributed by atoms with Gasteiger partial charge in [0.2, 0.25) is 0 Å². The van der Waals surface area contributed by atoms with Gasteiger partial charge < -0.3 is 5.32 Å². The van der Waals surface area contributed by atoms with Crippen molar-refractivity contribution in [3.8, 4) is 0 Å². The number of rotatable bonds is 4. The molecule has 0 radical (unpaired) electrons. The van der Waals surface area contributed by atoms with Crippen molar-refractivity contribution in [2.75, 3.05) is 6.54 Å². The lowest BCUT2D eigenvalue weighted by Gasteiger charge is -1.96. The van der Waals surface area contributed by atoms with Crippen molar-refractivity contribution in [3.05, 3.63) is 35.0 Å². The van der Waals surface area contributed by atoms with Crippen LogP contribution in [0.4, 0.5) is 0 Å². The van der Waals surface area contributed by atoms with E-state index in [0.717, 1.165) is 13.1 Å². The first-order valence-corrected chi connectivity index (χ1v) is 4.20. The molecule has 1 nitrogen and oxygen atoms in total. The molecule has 0 fully saturated rings. The fourth-order valence-electron chi connectivity index (χ4n) is 0.712. The van der Waals surface area contributed by atoms with Crippen LogP contribution in [0.25, 0.3) is 0 Å². The van der Waals surface area contributed by atoms with Crippen molar-refractivity contribution >= 4 is 23.7 Å². The third-order valence-electron chi connectivity index (χ3n) is 1.20. The predicted molar refractivity (Wildman–Crippen MR) is 53.5 cm³/mol. The molecule has 11 heavy (non-hydrogen) atoms. The van der Waals surface area contributed by atoms with Gasteiger partial charge in [-0.25, -0.2) is 0 Å². The van der Waals surface area contributed by atoms with E-state index in [2.05, 4.69) is 28.7 Å². The molecule has 0 aliphatic rings. The minimum atomic E-state index is 0. The second kappa shape index (κ2) is 6.40. The number of hydrogen-bond donors (Lipinski definition) is 1. The Morgan fingerprint density at radius 2 is 2.45 bits per heavy atom. The molecule has 62 valence electrons. The highest BCUT2D eigenvalue weighted by atomic mass is 35.5. The highest BCUT2D eigenvalue weighted by Crippen LogP contribution is 2.04. The Kier molecular flexibility index (Phi) is 6.22. The third kappa shape index (κ3) is 4.19. The first-order chi connectivity index (χ1) is 4.93. The van der Waals surface area contributed by atoms with Crippen LogP contribution < -0.4 is 5.32 Å². The summed E-state index contributed by atoms with van der Waals surface area (Å²) < 4.78 is 0. The number of halogens is 1. The fourth-order valence-corrected chi connectivity index (χ4v) is 1.38. The van der Waals surface area contributed by atoms with Crippen molar-refractivity contribution < 1.29 is 0 Å². The summed E-state index contributed by atoms with van der Waals surface area (Å²) in [7, 11) is 0. The Labute approximate surface area is 77.5 Å². The Bertz CT molecular complexity index is 184. The molecular formula is C8H12ClNS. The van der Waals surface area contributed by atoms with E-state index in [4.69, 9.17) is 0 Å². The predicted octanol–water partition coefficient (Wildman–Crippen LogP) is 2.45. The van der Waals surface area contributed by atoms with Gasteiger partial charge in [-0.1, -0.05) is 6.08 Å². The average Bonchev–Trinajstić information content (AvgIpc) is 2.41. The van der Waals surface area contributed by atoms with E-state index in [1.165, 1.54) is 5.56 Å². The van der Waals surface area contributed by atoms with Crippen LogP contribution in [0.5, 0.6) is 0 Å². The van der Waals surface area contributed by atoms with E-state index in [-0.39, 0.29) is 12.4 Å². The molecule has 0 aliphatic carbocycles. The summed E-state index contributed by atoms with van der Waals surface area (Å²) in [5, 5.41) is 7.46. The Morgan fingerprint density at radius 1 is 1.64 bits per heavy atom. The molecule has 1 aromatic heterocycles. The molecule has 3 heteroatoms. The van der Waals surface area contributed by atoms with E-state index in [1.807, 2.05) is 6.08 Å². The van der Waals surface area contributed by atoms with Gasteiger partial charge in [0.05, 0.1) is 0 Å². The zero-order valence-corrected chi connectivity index (χ0v) is 7.88. The van der Waals surface area contributed by atoms with Gasteiger partial charge in [0.25, 0.3) is 0 Å². The number of nitrogens with one attached hydrogen (secondary N) is 1. The maximum Gasteiger partial charge on any atom is 0.0216 e. The summed E-state index contributed by atoms with van der Waals surface area (Å²) in [6, 6.07) is 2.13. The Morgan fingerprint density at radius 3 is 3.00 bits per heavy atom. The standard InChI is InChI=1S/C8H11NS.ClH/c1-2-4-9-6-8-3-5-10-7-8;/h2-3,5,7,9H,1,4,6H2;1H. The molecule has 0 unspecified atom stereocenters. The largest absolute Gasteiger partial charge is 0.309 e. The quantitative estimate of drug-likeness (QED) is 0.567. The molecule has 0 aromatic carbocycles. The molecule has 0 spiro atoms. The Balaban J connectivity index is 0.000001000. The second-order valence-electron chi connectivity index (χ2n) is 2.05. The minimum Gasteiger partial charge on any atom is -0.309 e. The van der Waals surface area contributed by atoms with Gasteiger partial charge in [-0.15, -0.1) is 19.0 Å². The molecule has 1 N–H and O–H groups in total. The van der Waals surface area contributed by atoms with Crippen molar-refractivity contribution in [1.29, 1.82) is 0 Å². The SMILES string of the molecule is C=CCNCc1ccsc1.Cl. The molecule has 0 saturated carbocycles. The van der Waals surface area contributed by atoms with Crippen LogP contribution >= 0.6 is 23.7 Å². The summed E-state index contributed by atoms with van der Waals surface area (Å²) in [5.41, 5.74) is 1.35. The van der Waals surface area contributed by atoms with Gasteiger partial charge in [0.15, 0.2) is 0 Å². The van der Waals surface area contributed by atoms with Gasteiger partial charge in [-0.2, -0.15) is 11.3 Å². The molecule has 0 bridgehead atoms. The maximum atomic E-state index is 3.62. The minimum absolute atomic E-state index is 0. The van der Waals surface area contributed by atoms with E-state index in [0.29, 0.717) is 0 Å². The van der Waals surface area contributed by atoms with E-state index < -0.39 is 0 Å². The first kappa shape index (κ1) is 10.7. The molecule has 0 saturated heterocycles. The zero-order chi connectivity index (χ0) is 7.23. The monoisotopic (exact) mass is 189 g/mol. The smallest absolute Gasteiger partial charge is 0.0216 e. The fraction of sp³-hybridized carbons (Fsp3) is 0.250. The first-order valence-electron chi connectivity index (χ1n) is 3.26. The summed E-state index contributed by atoms with van der Waals surface area (Å²) in [5.74, 6) is 0. The molecular weight excluding hydrogens is 178 g/mol. The lowest BCUT2D eigenvalue weighted by molar-refractivity contribution is 0.763. The van der Waals surface area contributed by atoms with Crippen molar-refractivity contribution in [2.24, 2.45) is 0 Å². The normalized spacial score (nSPS) is 8.73. The lowest BCUT2D eigenvalue weighted by atomic mass is 10.3. The molecule has 0 atom stereocenters. The van der Waals surface area contributed by atoms with E-state index in [1.54, 1.807) is 11.3 Å². The molecule has 0 aliphatic heterocycles. The molecule has 1 aromatic rings. The van der Waals surface area contributed by atoms with E-state index in [9.17, 15) is 0 Å². The van der Waals surface area contributed by atoms with Crippen LogP contribution in [-0.2, 0) is 6.54 Å². The van der Waals surface area contributed by atoms with Crippen LogP contribution in [0.2, 0.25) is 0 Å². The van der Waals surface area contributed by atoms with Crippen LogP contribution in [0.3, 0.4) is 0 Å². The number of thiophene rings is 1.